The molecule has 25 heavy (non-hydrogen) atoms. The van der Waals surface area contributed by atoms with Crippen LogP contribution in [-0.2, 0) is 19.6 Å². The molecule has 3 rings (SSSR count). The summed E-state index contributed by atoms with van der Waals surface area (Å²) < 4.78 is 6.04. The molecule has 1 aromatic heterocycles. The molecular formula is C21H25N3O. The Labute approximate surface area is 149 Å². The Bertz CT molecular complexity index is 890. The minimum absolute atomic E-state index is 0.512. The van der Waals surface area contributed by atoms with Crippen molar-refractivity contribution in [2.75, 3.05) is 12.8 Å². The lowest BCUT2D eigenvalue weighted by atomic mass is 10.1. The number of hydrogen-bond donors (Lipinski definition) is 2. The van der Waals surface area contributed by atoms with Crippen molar-refractivity contribution in [1.29, 1.82) is 0 Å². The molecule has 0 bridgehead atoms. The van der Waals surface area contributed by atoms with Crippen molar-refractivity contribution in [2.45, 2.75) is 33.4 Å². The van der Waals surface area contributed by atoms with Gasteiger partial charge < -0.3 is 15.8 Å². The van der Waals surface area contributed by atoms with Crippen molar-refractivity contribution in [3.8, 4) is 5.75 Å². The van der Waals surface area contributed by atoms with Gasteiger partial charge in [-0.05, 0) is 66.9 Å². The van der Waals surface area contributed by atoms with E-state index < -0.39 is 0 Å². The third kappa shape index (κ3) is 4.09. The van der Waals surface area contributed by atoms with E-state index in [1.165, 1.54) is 11.1 Å². The molecule has 0 aliphatic heterocycles. The van der Waals surface area contributed by atoms with E-state index in [4.69, 9.17) is 10.5 Å². The van der Waals surface area contributed by atoms with E-state index in [1.807, 2.05) is 13.1 Å². The number of fused-ring (bicyclic) bond motifs is 1. The molecule has 1 heterocycles. The van der Waals surface area contributed by atoms with Crippen LogP contribution in [0.2, 0.25) is 0 Å². The molecule has 0 saturated carbocycles. The van der Waals surface area contributed by atoms with Gasteiger partial charge in [0.15, 0.2) is 0 Å². The summed E-state index contributed by atoms with van der Waals surface area (Å²) in [4.78, 5) is 4.43. The van der Waals surface area contributed by atoms with Crippen LogP contribution in [0.3, 0.4) is 0 Å². The maximum atomic E-state index is 6.04. The number of nitrogens with zero attached hydrogens (tertiary/aromatic N) is 1. The van der Waals surface area contributed by atoms with E-state index in [0.29, 0.717) is 12.4 Å². The Morgan fingerprint density at radius 2 is 1.84 bits per heavy atom. The van der Waals surface area contributed by atoms with Crippen LogP contribution in [0.1, 0.15) is 29.2 Å². The molecular weight excluding hydrogens is 310 g/mol. The van der Waals surface area contributed by atoms with Crippen LogP contribution < -0.4 is 15.8 Å². The highest BCUT2D eigenvalue weighted by molar-refractivity contribution is 5.84. The van der Waals surface area contributed by atoms with Crippen LogP contribution in [0.5, 0.6) is 5.75 Å². The Morgan fingerprint density at radius 1 is 1.04 bits per heavy atom. The molecule has 3 N–H and O–H groups in total. The molecule has 0 amide bonds. The number of anilines is 1. The first-order valence-corrected chi connectivity index (χ1v) is 8.65. The minimum atomic E-state index is 0.512. The second-order valence-corrected chi connectivity index (χ2v) is 6.37. The first kappa shape index (κ1) is 17.2. The molecule has 0 aliphatic carbocycles. The quantitative estimate of drug-likeness (QED) is 0.715. The smallest absolute Gasteiger partial charge is 0.124 e. The van der Waals surface area contributed by atoms with Crippen LogP contribution in [0, 0.1) is 6.92 Å². The van der Waals surface area contributed by atoms with Gasteiger partial charge >= 0.3 is 0 Å². The van der Waals surface area contributed by atoms with Crippen LogP contribution in [0.15, 0.2) is 42.5 Å². The maximum absolute atomic E-state index is 6.04. The molecule has 0 atom stereocenters. The second kappa shape index (κ2) is 7.53. The Balaban J connectivity index is 1.81. The highest BCUT2D eigenvalue weighted by Gasteiger charge is 2.05. The Morgan fingerprint density at radius 3 is 2.60 bits per heavy atom. The summed E-state index contributed by atoms with van der Waals surface area (Å²) >= 11 is 0. The molecule has 0 radical (unpaired) electrons. The number of aromatic nitrogens is 1. The van der Waals surface area contributed by atoms with Gasteiger partial charge in [-0.1, -0.05) is 25.1 Å². The fourth-order valence-corrected chi connectivity index (χ4v) is 3.05. The fourth-order valence-electron chi connectivity index (χ4n) is 3.05. The lowest BCUT2D eigenvalue weighted by Gasteiger charge is -2.11. The van der Waals surface area contributed by atoms with Crippen molar-refractivity contribution < 1.29 is 4.74 Å². The van der Waals surface area contributed by atoms with Crippen molar-refractivity contribution >= 4 is 16.7 Å². The summed E-state index contributed by atoms with van der Waals surface area (Å²) in [5.74, 6) is 1.46. The summed E-state index contributed by atoms with van der Waals surface area (Å²) in [6.45, 7) is 5.56. The highest BCUT2D eigenvalue weighted by atomic mass is 16.5. The molecule has 0 aliphatic rings. The Hall–Kier alpha value is -2.59. The number of rotatable bonds is 6. The SMILES string of the molecule is CCc1cc(CNC)cc(OCc2ccc3c(C)cc(N)nc3c2)c1. The second-order valence-electron chi connectivity index (χ2n) is 6.37. The molecule has 0 spiro atoms. The van der Waals surface area contributed by atoms with Crippen molar-refractivity contribution in [2.24, 2.45) is 0 Å². The van der Waals surface area contributed by atoms with Crippen LogP contribution in [0.25, 0.3) is 10.9 Å². The van der Waals surface area contributed by atoms with Gasteiger partial charge in [-0.25, -0.2) is 4.98 Å². The van der Waals surface area contributed by atoms with Gasteiger partial charge in [-0.3, -0.25) is 0 Å². The predicted octanol–water partition coefficient (Wildman–Crippen LogP) is 3.99. The van der Waals surface area contributed by atoms with Crippen molar-refractivity contribution in [3.05, 3.63) is 64.7 Å². The average Bonchev–Trinajstić information content (AvgIpc) is 2.59. The number of ether oxygens (including phenoxy) is 1. The molecule has 130 valence electrons. The summed E-state index contributed by atoms with van der Waals surface area (Å²) in [6.07, 6.45) is 0.992. The van der Waals surface area contributed by atoms with E-state index in [2.05, 4.69) is 60.5 Å². The van der Waals surface area contributed by atoms with Gasteiger partial charge in [0.1, 0.15) is 18.2 Å². The maximum Gasteiger partial charge on any atom is 0.124 e. The number of nitrogens with one attached hydrogen (secondary N) is 1. The van der Waals surface area contributed by atoms with E-state index >= 15 is 0 Å². The van der Waals surface area contributed by atoms with Crippen molar-refractivity contribution in [3.63, 3.8) is 0 Å². The van der Waals surface area contributed by atoms with Gasteiger partial charge in [0.05, 0.1) is 5.52 Å². The molecule has 0 unspecified atom stereocenters. The normalized spacial score (nSPS) is 11.0. The molecule has 4 nitrogen and oxygen atoms in total. The number of nitrogen functional groups attached to an aromatic ring is 1. The van der Waals surface area contributed by atoms with Crippen molar-refractivity contribution in [1.82, 2.24) is 10.3 Å². The van der Waals surface area contributed by atoms with Gasteiger partial charge in [0, 0.05) is 11.9 Å². The lowest BCUT2D eigenvalue weighted by molar-refractivity contribution is 0.305. The van der Waals surface area contributed by atoms with Crippen LogP contribution in [-0.4, -0.2) is 12.0 Å². The third-order valence-corrected chi connectivity index (χ3v) is 4.32. The number of hydrogen-bond acceptors (Lipinski definition) is 4. The molecule has 3 aromatic rings. The largest absolute Gasteiger partial charge is 0.489 e. The molecule has 0 saturated heterocycles. The zero-order chi connectivity index (χ0) is 17.8. The molecule has 0 fully saturated rings. The monoisotopic (exact) mass is 335 g/mol. The number of benzene rings is 2. The first-order valence-electron chi connectivity index (χ1n) is 8.65. The first-order chi connectivity index (χ1) is 12.1. The topological polar surface area (TPSA) is 60.2 Å². The third-order valence-electron chi connectivity index (χ3n) is 4.32. The zero-order valence-corrected chi connectivity index (χ0v) is 15.1. The zero-order valence-electron chi connectivity index (χ0n) is 15.1. The van der Waals surface area contributed by atoms with Crippen LogP contribution >= 0.6 is 0 Å². The average molecular weight is 335 g/mol. The van der Waals surface area contributed by atoms with E-state index in [0.717, 1.165) is 40.7 Å². The number of aryl methyl sites for hydroxylation is 2. The number of pyridine rings is 1. The fraction of sp³-hybridized carbons (Fsp3) is 0.286. The predicted molar refractivity (Wildman–Crippen MR) is 104 cm³/mol. The van der Waals surface area contributed by atoms with Gasteiger partial charge in [0.2, 0.25) is 0 Å². The summed E-state index contributed by atoms with van der Waals surface area (Å²) in [5.41, 5.74) is 11.5. The molecule has 2 aromatic carbocycles. The summed E-state index contributed by atoms with van der Waals surface area (Å²) in [7, 11) is 1.95. The van der Waals surface area contributed by atoms with E-state index in [-0.39, 0.29) is 0 Å². The van der Waals surface area contributed by atoms with Gasteiger partial charge in [-0.15, -0.1) is 0 Å². The highest BCUT2D eigenvalue weighted by Crippen LogP contribution is 2.22. The molecule has 4 heteroatoms. The summed E-state index contributed by atoms with van der Waals surface area (Å²) in [5, 5.41) is 4.32. The minimum Gasteiger partial charge on any atom is -0.489 e. The van der Waals surface area contributed by atoms with Gasteiger partial charge in [0.25, 0.3) is 0 Å². The van der Waals surface area contributed by atoms with E-state index in [9.17, 15) is 0 Å². The number of nitrogens with two attached hydrogens (primary N) is 1. The summed E-state index contributed by atoms with van der Waals surface area (Å²) in [6, 6.07) is 14.6. The standard InChI is InChI=1S/C21H25N3O/c1-4-15-8-17(12-23-3)10-18(9-15)25-13-16-5-6-19-14(2)7-21(22)24-20(19)11-16/h5-11,23H,4,12-13H2,1-3H3,(H2,22,24). The van der Waals surface area contributed by atoms with Gasteiger partial charge in [-0.2, -0.15) is 0 Å². The lowest BCUT2D eigenvalue weighted by Crippen LogP contribution is -2.06. The van der Waals surface area contributed by atoms with Crippen LogP contribution in [0.4, 0.5) is 5.82 Å². The van der Waals surface area contributed by atoms with E-state index in [1.54, 1.807) is 0 Å². The Kier molecular flexibility index (Phi) is 5.19.